The highest BCUT2D eigenvalue weighted by Crippen LogP contribution is 2.26. The molecule has 3 rings (SSSR count). The molecular weight excluding hydrogens is 510 g/mol. The van der Waals surface area contributed by atoms with E-state index in [1.54, 1.807) is 54.9 Å². The predicted molar refractivity (Wildman–Crippen MR) is 167 cm³/mol. The summed E-state index contributed by atoms with van der Waals surface area (Å²) in [6.45, 7) is 4.88. The second-order valence-electron chi connectivity index (χ2n) is 10.7. The number of aryl methyl sites for hydroxylation is 1. The highest BCUT2D eigenvalue weighted by Gasteiger charge is 2.10. The maximum atomic E-state index is 12.6. The zero-order chi connectivity index (χ0) is 29.0. The third kappa shape index (κ3) is 13.1. The van der Waals surface area contributed by atoms with E-state index in [2.05, 4.69) is 22.1 Å². The molecule has 0 aliphatic rings. The van der Waals surface area contributed by atoms with Crippen molar-refractivity contribution >= 4 is 17.3 Å². The van der Waals surface area contributed by atoms with Crippen LogP contribution < -0.4 is 9.47 Å². The number of azo groups is 1. The molecule has 6 heteroatoms. The highest BCUT2D eigenvalue weighted by molar-refractivity contribution is 5.91. The van der Waals surface area contributed by atoms with Crippen molar-refractivity contribution in [2.24, 2.45) is 10.2 Å². The standard InChI is InChI=1S/C35H47N3O3/c1-3-4-5-6-7-8-9-10-11-12-13-14-15-16-27-40-32-19-17-30(18-20-32)35(39)41-33-21-22-34(29(2)28-33)38-37-31-23-25-36-26-24-31/h17-26,28H,3-16,27H2,1-2H3. The van der Waals surface area contributed by atoms with Gasteiger partial charge < -0.3 is 9.47 Å². The van der Waals surface area contributed by atoms with Crippen molar-refractivity contribution in [1.29, 1.82) is 0 Å². The van der Waals surface area contributed by atoms with Crippen LogP contribution in [0.5, 0.6) is 11.5 Å². The van der Waals surface area contributed by atoms with Gasteiger partial charge in [0.25, 0.3) is 0 Å². The summed E-state index contributed by atoms with van der Waals surface area (Å²) < 4.78 is 11.4. The maximum absolute atomic E-state index is 12.6. The van der Waals surface area contributed by atoms with Gasteiger partial charge in [-0.25, -0.2) is 4.79 Å². The second-order valence-corrected chi connectivity index (χ2v) is 10.7. The minimum Gasteiger partial charge on any atom is -0.494 e. The van der Waals surface area contributed by atoms with E-state index in [0.29, 0.717) is 23.6 Å². The molecule has 1 aromatic heterocycles. The fraction of sp³-hybridized carbons (Fsp3) is 0.486. The number of benzene rings is 2. The molecule has 0 radical (unpaired) electrons. The molecule has 220 valence electrons. The molecular formula is C35H47N3O3. The monoisotopic (exact) mass is 557 g/mol. The molecule has 0 amide bonds. The zero-order valence-electron chi connectivity index (χ0n) is 25.0. The minimum absolute atomic E-state index is 0.408. The molecule has 0 aliphatic carbocycles. The number of ether oxygens (including phenoxy) is 2. The molecule has 0 spiro atoms. The summed E-state index contributed by atoms with van der Waals surface area (Å²) in [7, 11) is 0. The van der Waals surface area contributed by atoms with Crippen LogP contribution in [0.1, 0.15) is 113 Å². The Kier molecular flexibility index (Phi) is 15.2. The first kappa shape index (κ1) is 32.0. The number of carbonyl (C=O) groups is 1. The van der Waals surface area contributed by atoms with Crippen molar-refractivity contribution in [1.82, 2.24) is 4.98 Å². The van der Waals surface area contributed by atoms with Crippen molar-refractivity contribution < 1.29 is 14.3 Å². The van der Waals surface area contributed by atoms with E-state index < -0.39 is 5.97 Å². The second kappa shape index (κ2) is 19.5. The number of pyridine rings is 1. The van der Waals surface area contributed by atoms with Crippen LogP contribution in [0.25, 0.3) is 0 Å². The van der Waals surface area contributed by atoms with E-state index in [1.807, 2.05) is 19.1 Å². The van der Waals surface area contributed by atoms with Gasteiger partial charge in [-0.1, -0.05) is 90.4 Å². The van der Waals surface area contributed by atoms with Gasteiger partial charge in [0.1, 0.15) is 11.5 Å². The maximum Gasteiger partial charge on any atom is 0.343 e. The highest BCUT2D eigenvalue weighted by atomic mass is 16.5. The average Bonchev–Trinajstić information content (AvgIpc) is 2.99. The van der Waals surface area contributed by atoms with E-state index >= 15 is 0 Å². The largest absolute Gasteiger partial charge is 0.494 e. The summed E-state index contributed by atoms with van der Waals surface area (Å²) in [6, 6.07) is 16.0. The third-order valence-electron chi connectivity index (χ3n) is 7.17. The molecule has 0 aliphatic heterocycles. The van der Waals surface area contributed by atoms with Gasteiger partial charge in [0, 0.05) is 12.4 Å². The van der Waals surface area contributed by atoms with Gasteiger partial charge in [0.15, 0.2) is 0 Å². The van der Waals surface area contributed by atoms with Crippen LogP contribution in [0.3, 0.4) is 0 Å². The van der Waals surface area contributed by atoms with Crippen LogP contribution in [-0.4, -0.2) is 17.6 Å². The Morgan fingerprint density at radius 1 is 0.683 bits per heavy atom. The number of rotatable bonds is 20. The van der Waals surface area contributed by atoms with Crippen LogP contribution in [0.4, 0.5) is 11.4 Å². The van der Waals surface area contributed by atoms with Crippen molar-refractivity contribution in [3.05, 3.63) is 78.1 Å². The molecule has 1 heterocycles. The molecule has 0 saturated carbocycles. The lowest BCUT2D eigenvalue weighted by atomic mass is 10.0. The van der Waals surface area contributed by atoms with E-state index in [4.69, 9.17) is 9.47 Å². The lowest BCUT2D eigenvalue weighted by Crippen LogP contribution is -2.08. The van der Waals surface area contributed by atoms with Crippen LogP contribution in [0, 0.1) is 6.92 Å². The Morgan fingerprint density at radius 2 is 1.24 bits per heavy atom. The number of hydrogen-bond acceptors (Lipinski definition) is 6. The zero-order valence-corrected chi connectivity index (χ0v) is 25.0. The first-order valence-electron chi connectivity index (χ1n) is 15.5. The van der Waals surface area contributed by atoms with Crippen molar-refractivity contribution in [2.45, 2.75) is 104 Å². The summed E-state index contributed by atoms with van der Waals surface area (Å²) in [5, 5.41) is 8.49. The summed E-state index contributed by atoms with van der Waals surface area (Å²) in [5.41, 5.74) is 2.78. The molecule has 0 saturated heterocycles. The Balaban J connectivity index is 1.26. The minimum atomic E-state index is -0.408. The summed E-state index contributed by atoms with van der Waals surface area (Å²) in [6.07, 6.45) is 22.1. The Morgan fingerprint density at radius 3 is 1.83 bits per heavy atom. The SMILES string of the molecule is CCCCCCCCCCCCCCCCOc1ccc(C(=O)Oc2ccc(N=Nc3ccncc3)c(C)c2)cc1. The number of hydrogen-bond donors (Lipinski definition) is 0. The molecule has 0 fully saturated rings. The normalized spacial score (nSPS) is 11.2. The smallest absolute Gasteiger partial charge is 0.343 e. The number of carbonyl (C=O) groups excluding carboxylic acids is 1. The molecule has 0 N–H and O–H groups in total. The fourth-order valence-corrected chi connectivity index (χ4v) is 4.67. The summed E-state index contributed by atoms with van der Waals surface area (Å²) in [5.74, 6) is 0.832. The van der Waals surface area contributed by atoms with Gasteiger partial charge in [0.05, 0.1) is 23.5 Å². The Bertz CT molecular complexity index is 1160. The summed E-state index contributed by atoms with van der Waals surface area (Å²) in [4.78, 5) is 16.6. The Labute approximate surface area is 246 Å². The van der Waals surface area contributed by atoms with Crippen molar-refractivity contribution in [3.8, 4) is 11.5 Å². The third-order valence-corrected chi connectivity index (χ3v) is 7.17. The van der Waals surface area contributed by atoms with Gasteiger partial charge in [-0.3, -0.25) is 4.98 Å². The van der Waals surface area contributed by atoms with Crippen LogP contribution >= 0.6 is 0 Å². The predicted octanol–water partition coefficient (Wildman–Crippen LogP) is 10.9. The van der Waals surface area contributed by atoms with Gasteiger partial charge in [-0.15, -0.1) is 0 Å². The molecule has 0 bridgehead atoms. The number of esters is 1. The molecule has 0 atom stereocenters. The topological polar surface area (TPSA) is 73.1 Å². The first-order chi connectivity index (χ1) is 20.2. The van der Waals surface area contributed by atoms with Crippen LogP contribution in [0.2, 0.25) is 0 Å². The number of unbranched alkanes of at least 4 members (excludes halogenated alkanes) is 13. The van der Waals surface area contributed by atoms with Crippen LogP contribution in [0.15, 0.2) is 77.2 Å². The molecule has 6 nitrogen and oxygen atoms in total. The van der Waals surface area contributed by atoms with E-state index in [1.165, 1.54) is 83.5 Å². The van der Waals surface area contributed by atoms with E-state index in [0.717, 1.165) is 23.4 Å². The lowest BCUT2D eigenvalue weighted by molar-refractivity contribution is 0.0734. The number of aromatic nitrogens is 1. The average molecular weight is 558 g/mol. The first-order valence-corrected chi connectivity index (χ1v) is 15.5. The van der Waals surface area contributed by atoms with Gasteiger partial charge in [-0.2, -0.15) is 10.2 Å². The van der Waals surface area contributed by atoms with E-state index in [-0.39, 0.29) is 0 Å². The summed E-state index contributed by atoms with van der Waals surface area (Å²) >= 11 is 0. The van der Waals surface area contributed by atoms with Crippen molar-refractivity contribution in [3.63, 3.8) is 0 Å². The van der Waals surface area contributed by atoms with Gasteiger partial charge in [0.2, 0.25) is 0 Å². The quantitative estimate of drug-likeness (QED) is 0.0599. The number of nitrogens with zero attached hydrogens (tertiary/aromatic N) is 3. The van der Waals surface area contributed by atoms with E-state index in [9.17, 15) is 4.79 Å². The fourth-order valence-electron chi connectivity index (χ4n) is 4.67. The molecule has 41 heavy (non-hydrogen) atoms. The van der Waals surface area contributed by atoms with Crippen molar-refractivity contribution in [2.75, 3.05) is 6.61 Å². The lowest BCUT2D eigenvalue weighted by Gasteiger charge is -2.09. The molecule has 2 aromatic carbocycles. The molecule has 0 unspecified atom stereocenters. The molecule has 3 aromatic rings. The van der Waals surface area contributed by atoms with Gasteiger partial charge >= 0.3 is 5.97 Å². The Hall–Kier alpha value is -3.54. The van der Waals surface area contributed by atoms with Gasteiger partial charge in [-0.05, 0) is 73.5 Å². The van der Waals surface area contributed by atoms with Crippen LogP contribution in [-0.2, 0) is 0 Å².